The van der Waals surface area contributed by atoms with Crippen LogP contribution < -0.4 is 5.32 Å². The molecule has 3 aromatic rings. The van der Waals surface area contributed by atoms with Crippen LogP contribution in [0.3, 0.4) is 0 Å². The fourth-order valence-corrected chi connectivity index (χ4v) is 3.76. The van der Waals surface area contributed by atoms with Crippen molar-refractivity contribution < 1.29 is 4.79 Å². The Bertz CT molecular complexity index is 957. The molecule has 0 aliphatic carbocycles. The van der Waals surface area contributed by atoms with E-state index in [4.69, 9.17) is 0 Å². The smallest absolute Gasteiger partial charge is 0.238 e. The van der Waals surface area contributed by atoms with Gasteiger partial charge in [-0.05, 0) is 36.3 Å². The van der Waals surface area contributed by atoms with Crippen molar-refractivity contribution in [2.75, 3.05) is 13.1 Å². The zero-order valence-electron chi connectivity index (χ0n) is 16.1. The van der Waals surface area contributed by atoms with Crippen molar-refractivity contribution in [3.63, 3.8) is 0 Å². The van der Waals surface area contributed by atoms with Crippen LogP contribution in [0.2, 0.25) is 0 Å². The lowest BCUT2D eigenvalue weighted by molar-refractivity contribution is -0.121. The van der Waals surface area contributed by atoms with Crippen LogP contribution in [0.4, 0.5) is 0 Å². The highest BCUT2D eigenvalue weighted by molar-refractivity contribution is 5.80. The first-order valence-electron chi connectivity index (χ1n) is 9.67. The lowest BCUT2D eigenvalue weighted by Gasteiger charge is -2.36. The summed E-state index contributed by atoms with van der Waals surface area (Å²) in [7, 11) is 0. The molecule has 2 heterocycles. The molecule has 1 aromatic heterocycles. The number of hydrogen-bond donors (Lipinski definition) is 1. The lowest BCUT2D eigenvalue weighted by atomic mass is 9.99. The number of benzene rings is 2. The topological polar surface area (TPSA) is 37.3 Å². The Morgan fingerprint density at radius 2 is 1.82 bits per heavy atom. The quantitative estimate of drug-likeness (QED) is 0.736. The van der Waals surface area contributed by atoms with Gasteiger partial charge in [0.05, 0.1) is 12.6 Å². The molecule has 1 N–H and O–H groups in total. The SMILES string of the molecule is Cc1ccc(C2c3cccn3CCN2CC(=O)NC=Cc2ccccc2)cc1. The first-order valence-corrected chi connectivity index (χ1v) is 9.67. The Balaban J connectivity index is 1.48. The molecule has 4 rings (SSSR count). The molecule has 0 saturated carbocycles. The summed E-state index contributed by atoms with van der Waals surface area (Å²) in [6.45, 7) is 4.20. The van der Waals surface area contributed by atoms with Gasteiger partial charge in [0.2, 0.25) is 5.91 Å². The van der Waals surface area contributed by atoms with Crippen LogP contribution in [0, 0.1) is 6.92 Å². The van der Waals surface area contributed by atoms with Crippen LogP contribution in [0.15, 0.2) is 79.1 Å². The minimum Gasteiger partial charge on any atom is -0.348 e. The first-order chi connectivity index (χ1) is 13.7. The normalized spacial score (nSPS) is 16.8. The zero-order valence-corrected chi connectivity index (χ0v) is 16.1. The van der Waals surface area contributed by atoms with Crippen molar-refractivity contribution in [3.8, 4) is 0 Å². The van der Waals surface area contributed by atoms with E-state index in [0.717, 1.165) is 18.7 Å². The Morgan fingerprint density at radius 3 is 2.61 bits per heavy atom. The number of aryl methyl sites for hydroxylation is 1. The highest BCUT2D eigenvalue weighted by Gasteiger charge is 2.29. The summed E-state index contributed by atoms with van der Waals surface area (Å²) >= 11 is 0. The van der Waals surface area contributed by atoms with Crippen LogP contribution in [0.5, 0.6) is 0 Å². The van der Waals surface area contributed by atoms with Gasteiger partial charge in [-0.3, -0.25) is 9.69 Å². The molecule has 0 saturated heterocycles. The fraction of sp³-hybridized carbons (Fsp3) is 0.208. The maximum atomic E-state index is 12.6. The average molecular weight is 371 g/mol. The number of amides is 1. The molecule has 142 valence electrons. The van der Waals surface area contributed by atoms with Gasteiger partial charge in [-0.1, -0.05) is 60.2 Å². The van der Waals surface area contributed by atoms with Crippen LogP contribution in [-0.4, -0.2) is 28.5 Å². The summed E-state index contributed by atoms with van der Waals surface area (Å²) in [4.78, 5) is 14.8. The molecule has 4 nitrogen and oxygen atoms in total. The highest BCUT2D eigenvalue weighted by atomic mass is 16.2. The average Bonchev–Trinajstić information content (AvgIpc) is 3.18. The maximum absolute atomic E-state index is 12.6. The lowest BCUT2D eigenvalue weighted by Crippen LogP contribution is -2.43. The first kappa shape index (κ1) is 18.3. The van der Waals surface area contributed by atoms with Crippen LogP contribution in [-0.2, 0) is 11.3 Å². The van der Waals surface area contributed by atoms with Gasteiger partial charge < -0.3 is 9.88 Å². The molecule has 0 bridgehead atoms. The Kier molecular flexibility index (Phi) is 5.40. The van der Waals surface area contributed by atoms with E-state index in [1.54, 1.807) is 6.20 Å². The minimum atomic E-state index is 0.00398. The van der Waals surface area contributed by atoms with Crippen molar-refractivity contribution in [2.24, 2.45) is 0 Å². The number of carbonyl (C=O) groups is 1. The van der Waals surface area contributed by atoms with E-state index >= 15 is 0 Å². The van der Waals surface area contributed by atoms with Gasteiger partial charge in [0.25, 0.3) is 0 Å². The largest absolute Gasteiger partial charge is 0.348 e. The molecule has 0 fully saturated rings. The molecule has 0 radical (unpaired) electrons. The van der Waals surface area contributed by atoms with Crippen LogP contribution in [0.25, 0.3) is 6.08 Å². The maximum Gasteiger partial charge on any atom is 0.238 e. The predicted octanol–water partition coefficient (Wildman–Crippen LogP) is 3.99. The molecular formula is C24H25N3O. The fourth-order valence-electron chi connectivity index (χ4n) is 3.76. The summed E-state index contributed by atoms with van der Waals surface area (Å²) in [5, 5.41) is 2.91. The van der Waals surface area contributed by atoms with Gasteiger partial charge in [0.15, 0.2) is 0 Å². The molecule has 2 aromatic carbocycles. The number of rotatable bonds is 5. The Labute approximate surface area is 166 Å². The second-order valence-corrected chi connectivity index (χ2v) is 7.22. The molecule has 28 heavy (non-hydrogen) atoms. The molecule has 1 aliphatic rings. The molecule has 0 spiro atoms. The third-order valence-electron chi connectivity index (χ3n) is 5.20. The van der Waals surface area contributed by atoms with Gasteiger partial charge in [0.1, 0.15) is 0 Å². The number of nitrogens with zero attached hydrogens (tertiary/aromatic N) is 2. The summed E-state index contributed by atoms with van der Waals surface area (Å²) in [5.74, 6) is 0.00398. The van der Waals surface area contributed by atoms with Crippen LogP contribution >= 0.6 is 0 Å². The van der Waals surface area contributed by atoms with Crippen molar-refractivity contribution in [3.05, 3.63) is 102 Å². The summed E-state index contributed by atoms with van der Waals surface area (Å²) < 4.78 is 2.29. The number of aromatic nitrogens is 1. The standard InChI is InChI=1S/C24H25N3O/c1-19-9-11-21(12-10-19)24-22-8-5-15-26(22)16-17-27(24)18-23(28)25-14-13-20-6-3-2-4-7-20/h2-15,24H,16-18H2,1H3,(H,25,28). The zero-order chi connectivity index (χ0) is 19.3. The number of fused-ring (bicyclic) bond motifs is 1. The third-order valence-corrected chi connectivity index (χ3v) is 5.20. The van der Waals surface area contributed by atoms with E-state index in [9.17, 15) is 4.79 Å². The van der Waals surface area contributed by atoms with E-state index in [2.05, 4.69) is 64.3 Å². The van der Waals surface area contributed by atoms with E-state index < -0.39 is 0 Å². The Morgan fingerprint density at radius 1 is 1.04 bits per heavy atom. The summed E-state index contributed by atoms with van der Waals surface area (Å²) in [5.41, 5.74) is 4.77. The van der Waals surface area contributed by atoms with Crippen molar-refractivity contribution in [2.45, 2.75) is 19.5 Å². The van der Waals surface area contributed by atoms with E-state index in [1.807, 2.05) is 36.4 Å². The molecule has 1 aliphatic heterocycles. The molecule has 1 atom stereocenters. The van der Waals surface area contributed by atoms with E-state index in [-0.39, 0.29) is 11.9 Å². The second kappa shape index (κ2) is 8.28. The van der Waals surface area contributed by atoms with E-state index in [1.165, 1.54) is 16.8 Å². The highest BCUT2D eigenvalue weighted by Crippen LogP contribution is 2.32. The van der Waals surface area contributed by atoms with Crippen molar-refractivity contribution in [1.29, 1.82) is 0 Å². The van der Waals surface area contributed by atoms with Crippen molar-refractivity contribution in [1.82, 2.24) is 14.8 Å². The predicted molar refractivity (Wildman–Crippen MR) is 113 cm³/mol. The van der Waals surface area contributed by atoms with Gasteiger partial charge in [-0.25, -0.2) is 0 Å². The summed E-state index contributed by atoms with van der Waals surface area (Å²) in [6, 6.07) is 22.9. The molecule has 1 unspecified atom stereocenters. The molecular weight excluding hydrogens is 346 g/mol. The van der Waals surface area contributed by atoms with Gasteiger partial charge in [0, 0.05) is 31.2 Å². The second-order valence-electron chi connectivity index (χ2n) is 7.22. The van der Waals surface area contributed by atoms with Gasteiger partial charge in [-0.15, -0.1) is 0 Å². The number of hydrogen-bond acceptors (Lipinski definition) is 2. The summed E-state index contributed by atoms with van der Waals surface area (Å²) in [6.07, 6.45) is 5.76. The number of nitrogens with one attached hydrogen (secondary N) is 1. The van der Waals surface area contributed by atoms with Crippen molar-refractivity contribution >= 4 is 12.0 Å². The van der Waals surface area contributed by atoms with Gasteiger partial charge >= 0.3 is 0 Å². The van der Waals surface area contributed by atoms with Gasteiger partial charge in [-0.2, -0.15) is 0 Å². The third kappa shape index (κ3) is 4.07. The number of carbonyl (C=O) groups excluding carboxylic acids is 1. The monoisotopic (exact) mass is 371 g/mol. The Hall–Kier alpha value is -3.11. The molecule has 1 amide bonds. The van der Waals surface area contributed by atoms with E-state index in [0.29, 0.717) is 6.54 Å². The van der Waals surface area contributed by atoms with Crippen LogP contribution in [0.1, 0.15) is 28.4 Å². The minimum absolute atomic E-state index is 0.00398. The molecule has 4 heteroatoms.